The molecule has 3 rings (SSSR count). The molecular weight excluding hydrogens is 362 g/mol. The highest BCUT2D eigenvalue weighted by Crippen LogP contribution is 2.18. The van der Waals surface area contributed by atoms with Crippen molar-refractivity contribution in [1.82, 2.24) is 5.32 Å². The van der Waals surface area contributed by atoms with E-state index < -0.39 is 0 Å². The molecule has 4 heteroatoms. The molecule has 146 valence electrons. The molecule has 0 spiro atoms. The van der Waals surface area contributed by atoms with Crippen molar-refractivity contribution >= 4 is 11.9 Å². The standard InChI is InChI=1S/C25H23NO3/c1-18(2)24(27)26-17-20-12-14-22(15-13-20)29-25(28)23-11-7-6-10-21(23)16-19-8-4-3-5-9-19/h3-15H,1,16-17H2,2H3,(H,26,27). The van der Waals surface area contributed by atoms with Crippen LogP contribution in [0.25, 0.3) is 0 Å². The molecule has 0 saturated carbocycles. The van der Waals surface area contributed by atoms with Crippen molar-refractivity contribution in [1.29, 1.82) is 0 Å². The third-order valence-corrected chi connectivity index (χ3v) is 4.45. The average Bonchev–Trinajstić information content (AvgIpc) is 2.74. The normalized spacial score (nSPS) is 10.2. The number of carbonyl (C=O) groups is 2. The van der Waals surface area contributed by atoms with Gasteiger partial charge in [-0.05, 0) is 48.2 Å². The van der Waals surface area contributed by atoms with Gasteiger partial charge >= 0.3 is 5.97 Å². The zero-order valence-electron chi connectivity index (χ0n) is 16.4. The van der Waals surface area contributed by atoms with E-state index in [4.69, 9.17) is 4.74 Å². The second-order valence-electron chi connectivity index (χ2n) is 6.82. The maximum absolute atomic E-state index is 12.7. The highest BCUT2D eigenvalue weighted by Gasteiger charge is 2.14. The lowest BCUT2D eigenvalue weighted by Gasteiger charge is -2.10. The molecule has 29 heavy (non-hydrogen) atoms. The van der Waals surface area contributed by atoms with Crippen molar-refractivity contribution in [3.05, 3.63) is 113 Å². The molecule has 1 N–H and O–H groups in total. The van der Waals surface area contributed by atoms with Gasteiger partial charge in [0, 0.05) is 12.1 Å². The first kappa shape index (κ1) is 20.1. The second kappa shape index (κ2) is 9.51. The summed E-state index contributed by atoms with van der Waals surface area (Å²) in [6, 6.07) is 24.6. The lowest BCUT2D eigenvalue weighted by atomic mass is 10.00. The molecule has 3 aromatic carbocycles. The van der Waals surface area contributed by atoms with Gasteiger partial charge < -0.3 is 10.1 Å². The summed E-state index contributed by atoms with van der Waals surface area (Å²) in [7, 11) is 0. The minimum atomic E-state index is -0.389. The molecule has 0 radical (unpaired) electrons. The lowest BCUT2D eigenvalue weighted by molar-refractivity contribution is -0.117. The Hall–Kier alpha value is -3.66. The SMILES string of the molecule is C=C(C)C(=O)NCc1ccc(OC(=O)c2ccccc2Cc2ccccc2)cc1. The molecule has 0 atom stereocenters. The van der Waals surface area contributed by atoms with E-state index in [9.17, 15) is 9.59 Å². The van der Waals surface area contributed by atoms with E-state index >= 15 is 0 Å². The van der Waals surface area contributed by atoms with Gasteiger partial charge in [-0.15, -0.1) is 0 Å². The van der Waals surface area contributed by atoms with Gasteiger partial charge in [0.1, 0.15) is 5.75 Å². The van der Waals surface area contributed by atoms with Crippen LogP contribution in [-0.2, 0) is 17.8 Å². The largest absolute Gasteiger partial charge is 0.423 e. The van der Waals surface area contributed by atoms with Crippen LogP contribution in [0.4, 0.5) is 0 Å². The third kappa shape index (κ3) is 5.66. The van der Waals surface area contributed by atoms with E-state index in [1.54, 1.807) is 25.1 Å². The molecule has 0 aromatic heterocycles. The van der Waals surface area contributed by atoms with Crippen LogP contribution in [0.15, 0.2) is 91.0 Å². The Balaban J connectivity index is 1.66. The van der Waals surface area contributed by atoms with Crippen LogP contribution in [0, 0.1) is 0 Å². The molecule has 0 aliphatic carbocycles. The van der Waals surface area contributed by atoms with Crippen LogP contribution in [-0.4, -0.2) is 11.9 Å². The molecule has 0 heterocycles. The summed E-state index contributed by atoms with van der Waals surface area (Å²) in [6.45, 7) is 5.66. The Labute approximate surface area is 170 Å². The molecular formula is C25H23NO3. The van der Waals surface area contributed by atoms with Crippen LogP contribution in [0.5, 0.6) is 5.75 Å². The number of hydrogen-bond acceptors (Lipinski definition) is 3. The maximum atomic E-state index is 12.7. The van der Waals surface area contributed by atoms with Crippen molar-refractivity contribution in [2.75, 3.05) is 0 Å². The van der Waals surface area contributed by atoms with Gasteiger partial charge in [0.05, 0.1) is 5.56 Å². The second-order valence-corrected chi connectivity index (χ2v) is 6.82. The smallest absolute Gasteiger partial charge is 0.343 e. The van der Waals surface area contributed by atoms with E-state index in [2.05, 4.69) is 11.9 Å². The number of carbonyl (C=O) groups excluding carboxylic acids is 2. The third-order valence-electron chi connectivity index (χ3n) is 4.45. The van der Waals surface area contributed by atoms with E-state index in [1.807, 2.05) is 60.7 Å². The Morgan fingerprint density at radius 2 is 1.52 bits per heavy atom. The molecule has 0 unspecified atom stereocenters. The van der Waals surface area contributed by atoms with Crippen molar-refractivity contribution in [3.8, 4) is 5.75 Å². The molecule has 1 amide bonds. The van der Waals surface area contributed by atoms with Crippen molar-refractivity contribution in [2.45, 2.75) is 19.9 Å². The number of ether oxygens (including phenoxy) is 1. The monoisotopic (exact) mass is 385 g/mol. The van der Waals surface area contributed by atoms with E-state index in [0.717, 1.165) is 16.7 Å². The van der Waals surface area contributed by atoms with Crippen molar-refractivity contribution < 1.29 is 14.3 Å². The zero-order valence-corrected chi connectivity index (χ0v) is 16.4. The maximum Gasteiger partial charge on any atom is 0.343 e. The van der Waals surface area contributed by atoms with Crippen molar-refractivity contribution in [3.63, 3.8) is 0 Å². The van der Waals surface area contributed by atoms with Crippen LogP contribution in [0.3, 0.4) is 0 Å². The fourth-order valence-corrected chi connectivity index (χ4v) is 2.86. The van der Waals surface area contributed by atoms with E-state index in [1.165, 1.54) is 0 Å². The van der Waals surface area contributed by atoms with Crippen molar-refractivity contribution in [2.24, 2.45) is 0 Å². The van der Waals surface area contributed by atoms with E-state index in [-0.39, 0.29) is 11.9 Å². The van der Waals surface area contributed by atoms with Gasteiger partial charge in [-0.2, -0.15) is 0 Å². The van der Waals surface area contributed by atoms with Gasteiger partial charge in [0.15, 0.2) is 0 Å². The van der Waals surface area contributed by atoms with Gasteiger partial charge in [0.2, 0.25) is 5.91 Å². The topological polar surface area (TPSA) is 55.4 Å². The fourth-order valence-electron chi connectivity index (χ4n) is 2.86. The predicted molar refractivity (Wildman–Crippen MR) is 114 cm³/mol. The van der Waals surface area contributed by atoms with Gasteiger partial charge in [-0.1, -0.05) is 67.2 Å². The highest BCUT2D eigenvalue weighted by molar-refractivity contribution is 5.93. The van der Waals surface area contributed by atoms with Crippen LogP contribution in [0.1, 0.15) is 34.0 Å². The minimum Gasteiger partial charge on any atom is -0.423 e. The number of esters is 1. The van der Waals surface area contributed by atoms with Gasteiger partial charge in [-0.3, -0.25) is 4.79 Å². The quantitative estimate of drug-likeness (QED) is 0.365. The lowest BCUT2D eigenvalue weighted by Crippen LogP contribution is -2.22. The summed E-state index contributed by atoms with van der Waals surface area (Å²) in [5.74, 6) is -0.116. The summed E-state index contributed by atoms with van der Waals surface area (Å²) in [6.07, 6.45) is 0.660. The minimum absolute atomic E-state index is 0.185. The van der Waals surface area contributed by atoms with E-state index in [0.29, 0.717) is 29.9 Å². The summed E-state index contributed by atoms with van der Waals surface area (Å²) in [5, 5.41) is 2.77. The van der Waals surface area contributed by atoms with Gasteiger partial charge in [0.25, 0.3) is 0 Å². The number of rotatable bonds is 7. The molecule has 0 aliphatic rings. The van der Waals surface area contributed by atoms with Gasteiger partial charge in [-0.25, -0.2) is 4.79 Å². The highest BCUT2D eigenvalue weighted by atomic mass is 16.5. The summed E-state index contributed by atoms with van der Waals surface area (Å²) in [4.78, 5) is 24.3. The average molecular weight is 385 g/mol. The Morgan fingerprint density at radius 1 is 0.862 bits per heavy atom. The molecule has 4 nitrogen and oxygen atoms in total. The Kier molecular flexibility index (Phi) is 6.59. The first-order chi connectivity index (χ1) is 14.0. The summed E-state index contributed by atoms with van der Waals surface area (Å²) < 4.78 is 5.56. The molecule has 3 aromatic rings. The first-order valence-electron chi connectivity index (χ1n) is 9.39. The van der Waals surface area contributed by atoms with Crippen LogP contribution in [0.2, 0.25) is 0 Å². The molecule has 0 aliphatic heterocycles. The number of nitrogens with one attached hydrogen (secondary N) is 1. The number of amides is 1. The first-order valence-corrected chi connectivity index (χ1v) is 9.39. The number of benzene rings is 3. The fraction of sp³-hybridized carbons (Fsp3) is 0.120. The van der Waals surface area contributed by atoms with Crippen LogP contribution >= 0.6 is 0 Å². The molecule has 0 bridgehead atoms. The zero-order chi connectivity index (χ0) is 20.6. The number of hydrogen-bond donors (Lipinski definition) is 1. The summed E-state index contributed by atoms with van der Waals surface area (Å²) >= 11 is 0. The summed E-state index contributed by atoms with van der Waals surface area (Å²) in [5.41, 5.74) is 3.97. The Morgan fingerprint density at radius 3 is 2.21 bits per heavy atom. The molecule has 0 saturated heterocycles. The predicted octanol–water partition coefficient (Wildman–Crippen LogP) is 4.69. The molecule has 0 fully saturated rings. The Bertz CT molecular complexity index is 1010. The van der Waals surface area contributed by atoms with Crippen LogP contribution < -0.4 is 10.1 Å².